The number of aromatic nitrogens is 2. The van der Waals surface area contributed by atoms with Crippen molar-refractivity contribution in [2.45, 2.75) is 51.2 Å². The average Bonchev–Trinajstić information content (AvgIpc) is 3.45. The number of carbonyl (C=O) groups excluding carboxylic acids is 2. The van der Waals surface area contributed by atoms with Gasteiger partial charge in [0.15, 0.2) is 5.16 Å². The fourth-order valence-electron chi connectivity index (χ4n) is 3.66. The summed E-state index contributed by atoms with van der Waals surface area (Å²) in [6, 6.07) is 1.63. The molecule has 0 saturated heterocycles. The van der Waals surface area contributed by atoms with Crippen LogP contribution in [0.5, 0.6) is 0 Å². The van der Waals surface area contributed by atoms with Gasteiger partial charge in [0.2, 0.25) is 5.91 Å². The number of ether oxygens (including phenoxy) is 1. The van der Waals surface area contributed by atoms with Crippen molar-refractivity contribution in [2.75, 3.05) is 17.7 Å². The van der Waals surface area contributed by atoms with Gasteiger partial charge in [-0.2, -0.15) is 0 Å². The number of aryl methyl sites for hydroxylation is 2. The van der Waals surface area contributed by atoms with Crippen molar-refractivity contribution in [1.82, 2.24) is 9.55 Å². The first-order valence-electron chi connectivity index (χ1n) is 10.3. The SMILES string of the molecule is CCCn1c(SCC(=O)Nc2sccc2C(=O)OCC)nc2sc3c(c2c1=O)CCC3. The predicted octanol–water partition coefficient (Wildman–Crippen LogP) is 4.33. The van der Waals surface area contributed by atoms with Gasteiger partial charge in [0.05, 0.1) is 23.3 Å². The second-order valence-electron chi connectivity index (χ2n) is 7.11. The van der Waals surface area contributed by atoms with E-state index in [9.17, 15) is 14.4 Å². The summed E-state index contributed by atoms with van der Waals surface area (Å²) in [4.78, 5) is 44.6. The van der Waals surface area contributed by atoms with Crippen LogP contribution in [0.2, 0.25) is 0 Å². The van der Waals surface area contributed by atoms with Crippen molar-refractivity contribution in [2.24, 2.45) is 0 Å². The van der Waals surface area contributed by atoms with Crippen LogP contribution < -0.4 is 10.9 Å². The molecular formula is C21H23N3O4S3. The zero-order valence-electron chi connectivity index (χ0n) is 17.4. The Labute approximate surface area is 191 Å². The first-order chi connectivity index (χ1) is 15.0. The molecule has 0 bridgehead atoms. The number of esters is 1. The molecule has 1 aliphatic rings. The van der Waals surface area contributed by atoms with E-state index in [1.165, 1.54) is 33.5 Å². The summed E-state index contributed by atoms with van der Waals surface area (Å²) in [7, 11) is 0. The maximum Gasteiger partial charge on any atom is 0.341 e. The van der Waals surface area contributed by atoms with Crippen LogP contribution in [0.4, 0.5) is 5.00 Å². The lowest BCUT2D eigenvalue weighted by molar-refractivity contribution is -0.113. The molecule has 3 aromatic rings. The lowest BCUT2D eigenvalue weighted by Crippen LogP contribution is -2.24. The summed E-state index contributed by atoms with van der Waals surface area (Å²) >= 11 is 4.12. The largest absolute Gasteiger partial charge is 0.462 e. The number of carbonyl (C=O) groups is 2. The third-order valence-electron chi connectivity index (χ3n) is 4.98. The third kappa shape index (κ3) is 4.42. The summed E-state index contributed by atoms with van der Waals surface area (Å²) in [5, 5.41) is 6.30. The summed E-state index contributed by atoms with van der Waals surface area (Å²) in [6.45, 7) is 4.59. The minimum atomic E-state index is -0.457. The predicted molar refractivity (Wildman–Crippen MR) is 126 cm³/mol. The van der Waals surface area contributed by atoms with Gasteiger partial charge in [0, 0.05) is 11.4 Å². The highest BCUT2D eigenvalue weighted by Gasteiger charge is 2.23. The molecule has 4 rings (SSSR count). The summed E-state index contributed by atoms with van der Waals surface area (Å²) < 4.78 is 6.72. The minimum absolute atomic E-state index is 0.00277. The number of thioether (sulfide) groups is 1. The van der Waals surface area contributed by atoms with Gasteiger partial charge in [-0.05, 0) is 49.6 Å². The van der Waals surface area contributed by atoms with E-state index in [-0.39, 0.29) is 23.8 Å². The molecule has 10 heteroatoms. The smallest absolute Gasteiger partial charge is 0.341 e. The Morgan fingerprint density at radius 1 is 1.32 bits per heavy atom. The number of amides is 1. The highest BCUT2D eigenvalue weighted by molar-refractivity contribution is 7.99. The fraction of sp³-hybridized carbons (Fsp3) is 0.429. The molecule has 1 N–H and O–H groups in total. The van der Waals surface area contributed by atoms with Gasteiger partial charge in [0.25, 0.3) is 5.56 Å². The van der Waals surface area contributed by atoms with E-state index in [1.807, 2.05) is 6.92 Å². The number of thiophene rings is 2. The van der Waals surface area contributed by atoms with Gasteiger partial charge in [-0.25, -0.2) is 9.78 Å². The number of rotatable bonds is 8. The van der Waals surface area contributed by atoms with Crippen molar-refractivity contribution in [3.05, 3.63) is 37.8 Å². The molecule has 7 nitrogen and oxygen atoms in total. The molecule has 1 aliphatic carbocycles. The van der Waals surface area contributed by atoms with Gasteiger partial charge in [0.1, 0.15) is 9.83 Å². The van der Waals surface area contributed by atoms with Crippen LogP contribution in [0.15, 0.2) is 21.4 Å². The molecule has 0 atom stereocenters. The zero-order valence-corrected chi connectivity index (χ0v) is 19.8. The molecule has 0 saturated carbocycles. The molecular weight excluding hydrogens is 454 g/mol. The first-order valence-corrected chi connectivity index (χ1v) is 12.9. The summed E-state index contributed by atoms with van der Waals surface area (Å²) in [5.41, 5.74) is 1.51. The monoisotopic (exact) mass is 477 g/mol. The van der Waals surface area contributed by atoms with Gasteiger partial charge < -0.3 is 10.1 Å². The lowest BCUT2D eigenvalue weighted by atomic mass is 10.2. The maximum absolute atomic E-state index is 13.2. The van der Waals surface area contributed by atoms with Crippen LogP contribution in [0, 0.1) is 0 Å². The van der Waals surface area contributed by atoms with Crippen LogP contribution in [-0.4, -0.2) is 33.8 Å². The van der Waals surface area contributed by atoms with Gasteiger partial charge in [-0.3, -0.25) is 14.2 Å². The minimum Gasteiger partial charge on any atom is -0.462 e. The third-order valence-corrected chi connectivity index (χ3v) is 7.97. The second kappa shape index (κ2) is 9.54. The molecule has 3 heterocycles. The molecule has 1 amide bonds. The summed E-state index contributed by atoms with van der Waals surface area (Å²) in [6.07, 6.45) is 3.85. The highest BCUT2D eigenvalue weighted by atomic mass is 32.2. The maximum atomic E-state index is 13.2. The van der Waals surface area contributed by atoms with Crippen molar-refractivity contribution < 1.29 is 14.3 Å². The molecule has 0 fully saturated rings. The van der Waals surface area contributed by atoms with Gasteiger partial charge >= 0.3 is 5.97 Å². The van der Waals surface area contributed by atoms with E-state index >= 15 is 0 Å². The molecule has 164 valence electrons. The Balaban J connectivity index is 1.53. The number of nitrogens with zero attached hydrogens (tertiary/aromatic N) is 2. The van der Waals surface area contributed by atoms with E-state index in [0.29, 0.717) is 22.3 Å². The Bertz CT molecular complexity index is 1190. The topological polar surface area (TPSA) is 90.3 Å². The number of hydrogen-bond donors (Lipinski definition) is 1. The molecule has 0 unspecified atom stereocenters. The standard InChI is InChI=1S/C21H23N3O4S3/c1-3-9-24-19(26)16-12-6-5-7-14(12)31-18(16)23-21(24)30-11-15(25)22-17-13(8-10-29-17)20(27)28-4-2/h8,10H,3-7,9,11H2,1-2H3,(H,22,25). The molecule has 0 aliphatic heterocycles. The van der Waals surface area contributed by atoms with Crippen LogP contribution >= 0.6 is 34.4 Å². The van der Waals surface area contributed by atoms with E-state index in [1.54, 1.807) is 34.3 Å². The first kappa shape index (κ1) is 22.0. The van der Waals surface area contributed by atoms with Crippen molar-refractivity contribution in [3.63, 3.8) is 0 Å². The van der Waals surface area contributed by atoms with Crippen LogP contribution in [0.3, 0.4) is 0 Å². The van der Waals surface area contributed by atoms with E-state index < -0.39 is 5.97 Å². The van der Waals surface area contributed by atoms with Crippen LogP contribution in [0.25, 0.3) is 10.2 Å². The quantitative estimate of drug-likeness (QED) is 0.295. The molecule has 31 heavy (non-hydrogen) atoms. The molecule has 0 spiro atoms. The van der Waals surface area contributed by atoms with Crippen molar-refractivity contribution >= 4 is 61.5 Å². The van der Waals surface area contributed by atoms with Gasteiger partial charge in [-0.1, -0.05) is 18.7 Å². The Kier molecular flexibility index (Phi) is 6.78. The average molecular weight is 478 g/mol. The zero-order chi connectivity index (χ0) is 22.0. The number of hydrogen-bond acceptors (Lipinski definition) is 8. The molecule has 0 aromatic carbocycles. The van der Waals surface area contributed by atoms with E-state index in [2.05, 4.69) is 5.32 Å². The lowest BCUT2D eigenvalue weighted by Gasteiger charge is -2.11. The Morgan fingerprint density at radius 3 is 2.94 bits per heavy atom. The van der Waals surface area contributed by atoms with E-state index in [4.69, 9.17) is 9.72 Å². The number of anilines is 1. The number of fused-ring (bicyclic) bond motifs is 3. The Hall–Kier alpha value is -2.17. The molecule has 0 radical (unpaired) electrons. The van der Waals surface area contributed by atoms with Crippen LogP contribution in [0.1, 0.15) is 47.5 Å². The van der Waals surface area contributed by atoms with E-state index in [0.717, 1.165) is 35.9 Å². The highest BCUT2D eigenvalue weighted by Crippen LogP contribution is 2.35. The van der Waals surface area contributed by atoms with Crippen LogP contribution in [-0.2, 0) is 28.9 Å². The molecule has 3 aromatic heterocycles. The van der Waals surface area contributed by atoms with Crippen molar-refractivity contribution in [1.29, 1.82) is 0 Å². The van der Waals surface area contributed by atoms with Gasteiger partial charge in [-0.15, -0.1) is 22.7 Å². The second-order valence-corrected chi connectivity index (χ2v) is 10.1. The normalized spacial score (nSPS) is 12.8. The van der Waals surface area contributed by atoms with Crippen molar-refractivity contribution in [3.8, 4) is 0 Å². The summed E-state index contributed by atoms with van der Waals surface area (Å²) in [5.74, 6) is -0.627. The Morgan fingerprint density at radius 2 is 2.16 bits per heavy atom. The fourth-order valence-corrected chi connectivity index (χ4v) is 6.58. The number of nitrogens with one attached hydrogen (secondary N) is 1.